The number of rotatable bonds is 4. The first kappa shape index (κ1) is 20.1. The molecule has 1 amide bonds. The van der Waals surface area contributed by atoms with Crippen molar-refractivity contribution in [1.29, 1.82) is 0 Å². The SMILES string of the molecule is C=CCN1c2ccc(C(=O)Nc3ccc4c(c3)OCCO4)cc2-c2ccccc2S1(=O)=O. The number of ether oxygens (including phenoxy) is 2. The molecule has 0 bridgehead atoms. The Morgan fingerprint density at radius 2 is 1.78 bits per heavy atom. The third-order valence-electron chi connectivity index (χ3n) is 5.37. The first-order valence-corrected chi connectivity index (χ1v) is 11.5. The highest BCUT2D eigenvalue weighted by atomic mass is 32.2. The molecule has 0 aliphatic carbocycles. The summed E-state index contributed by atoms with van der Waals surface area (Å²) < 4.78 is 38.6. The largest absolute Gasteiger partial charge is 0.486 e. The number of hydrogen-bond donors (Lipinski definition) is 1. The standard InChI is InChI=1S/C24H20N2O5S/c1-2-11-26-20-9-7-16(14-19(20)18-5-3-4-6-23(18)32(26,28)29)24(27)25-17-8-10-21-22(15-17)31-13-12-30-21/h2-10,14-15H,1,11-13H2,(H,25,27). The Kier molecular flexibility index (Phi) is 4.86. The molecule has 3 aromatic rings. The molecule has 0 unspecified atom stereocenters. The summed E-state index contributed by atoms with van der Waals surface area (Å²) >= 11 is 0. The number of anilines is 2. The molecule has 3 aromatic carbocycles. The molecule has 5 rings (SSSR count). The maximum atomic E-state index is 13.1. The first-order chi connectivity index (χ1) is 15.5. The van der Waals surface area contributed by atoms with Gasteiger partial charge in [0.15, 0.2) is 11.5 Å². The number of carbonyl (C=O) groups is 1. The van der Waals surface area contributed by atoms with E-state index in [0.29, 0.717) is 52.8 Å². The van der Waals surface area contributed by atoms with E-state index in [2.05, 4.69) is 11.9 Å². The van der Waals surface area contributed by atoms with Gasteiger partial charge in [-0.2, -0.15) is 0 Å². The van der Waals surface area contributed by atoms with Gasteiger partial charge in [-0.25, -0.2) is 8.42 Å². The van der Waals surface area contributed by atoms with E-state index in [-0.39, 0.29) is 17.3 Å². The van der Waals surface area contributed by atoms with E-state index < -0.39 is 10.0 Å². The second kappa shape index (κ2) is 7.72. The van der Waals surface area contributed by atoms with E-state index >= 15 is 0 Å². The highest BCUT2D eigenvalue weighted by molar-refractivity contribution is 7.93. The van der Waals surface area contributed by atoms with Crippen molar-refractivity contribution in [2.24, 2.45) is 0 Å². The minimum atomic E-state index is -3.71. The summed E-state index contributed by atoms with van der Waals surface area (Å²) in [5.74, 6) is 0.910. The van der Waals surface area contributed by atoms with Crippen LogP contribution in [0.5, 0.6) is 11.5 Å². The summed E-state index contributed by atoms with van der Waals surface area (Å²) in [6, 6.07) is 17.0. The van der Waals surface area contributed by atoms with Gasteiger partial charge >= 0.3 is 0 Å². The maximum absolute atomic E-state index is 13.1. The molecule has 32 heavy (non-hydrogen) atoms. The van der Waals surface area contributed by atoms with Gasteiger partial charge in [0.25, 0.3) is 15.9 Å². The number of sulfonamides is 1. The number of amides is 1. The summed E-state index contributed by atoms with van der Waals surface area (Å²) in [5.41, 5.74) is 2.74. The van der Waals surface area contributed by atoms with Gasteiger partial charge in [0.2, 0.25) is 0 Å². The van der Waals surface area contributed by atoms with E-state index in [1.807, 2.05) is 0 Å². The van der Waals surface area contributed by atoms with Crippen LogP contribution in [0.3, 0.4) is 0 Å². The molecule has 0 fully saturated rings. The Bertz CT molecular complexity index is 1350. The topological polar surface area (TPSA) is 84.9 Å². The van der Waals surface area contributed by atoms with Crippen molar-refractivity contribution >= 4 is 27.3 Å². The van der Waals surface area contributed by atoms with Crippen molar-refractivity contribution in [1.82, 2.24) is 0 Å². The van der Waals surface area contributed by atoms with Crippen LogP contribution in [0.1, 0.15) is 10.4 Å². The summed E-state index contributed by atoms with van der Waals surface area (Å²) in [4.78, 5) is 13.2. The Labute approximate surface area is 185 Å². The summed E-state index contributed by atoms with van der Waals surface area (Å²) in [6.45, 7) is 4.77. The number of hydrogen-bond acceptors (Lipinski definition) is 5. The van der Waals surface area contributed by atoms with Crippen molar-refractivity contribution < 1.29 is 22.7 Å². The zero-order valence-corrected chi connectivity index (χ0v) is 17.9. The number of benzene rings is 3. The van der Waals surface area contributed by atoms with Crippen molar-refractivity contribution in [3.63, 3.8) is 0 Å². The molecule has 2 aliphatic rings. The van der Waals surface area contributed by atoms with Crippen molar-refractivity contribution in [2.75, 3.05) is 29.4 Å². The van der Waals surface area contributed by atoms with Gasteiger partial charge in [-0.15, -0.1) is 6.58 Å². The Hall–Kier alpha value is -3.78. The third kappa shape index (κ3) is 3.29. The Balaban J connectivity index is 1.52. The highest BCUT2D eigenvalue weighted by Crippen LogP contribution is 2.43. The average molecular weight is 449 g/mol. The van der Waals surface area contributed by atoms with Crippen LogP contribution in [0, 0.1) is 0 Å². The fourth-order valence-corrected chi connectivity index (χ4v) is 5.57. The maximum Gasteiger partial charge on any atom is 0.265 e. The Morgan fingerprint density at radius 1 is 1.00 bits per heavy atom. The number of nitrogens with one attached hydrogen (secondary N) is 1. The summed E-state index contributed by atoms with van der Waals surface area (Å²) in [6.07, 6.45) is 1.54. The predicted molar refractivity (Wildman–Crippen MR) is 122 cm³/mol. The van der Waals surface area contributed by atoms with E-state index in [0.717, 1.165) is 0 Å². The van der Waals surface area contributed by atoms with Crippen LogP contribution in [0.2, 0.25) is 0 Å². The van der Waals surface area contributed by atoms with Gasteiger partial charge in [0, 0.05) is 28.4 Å². The van der Waals surface area contributed by atoms with Crippen LogP contribution >= 0.6 is 0 Å². The lowest BCUT2D eigenvalue weighted by molar-refractivity contribution is 0.102. The van der Waals surface area contributed by atoms with E-state index in [9.17, 15) is 13.2 Å². The smallest absolute Gasteiger partial charge is 0.265 e. The molecule has 2 aliphatic heterocycles. The third-order valence-corrected chi connectivity index (χ3v) is 7.21. The minimum Gasteiger partial charge on any atom is -0.486 e. The summed E-state index contributed by atoms with van der Waals surface area (Å²) in [7, 11) is -3.71. The lowest BCUT2D eigenvalue weighted by Crippen LogP contribution is -2.34. The fourth-order valence-electron chi connectivity index (χ4n) is 3.91. The molecule has 0 aromatic heterocycles. The number of fused-ring (bicyclic) bond motifs is 4. The zero-order valence-electron chi connectivity index (χ0n) is 17.1. The van der Waals surface area contributed by atoms with Gasteiger partial charge in [-0.05, 0) is 36.4 Å². The van der Waals surface area contributed by atoms with Crippen molar-refractivity contribution in [2.45, 2.75) is 4.90 Å². The molecule has 1 N–H and O–H groups in total. The van der Waals surface area contributed by atoms with Crippen LogP contribution in [0.25, 0.3) is 11.1 Å². The molecule has 0 spiro atoms. The fraction of sp³-hybridized carbons (Fsp3) is 0.125. The van der Waals surface area contributed by atoms with E-state index in [4.69, 9.17) is 9.47 Å². The second-order valence-corrected chi connectivity index (χ2v) is 9.20. The number of carbonyl (C=O) groups excluding carboxylic acids is 1. The second-order valence-electron chi connectivity index (χ2n) is 7.37. The van der Waals surface area contributed by atoms with Crippen LogP contribution in [-0.4, -0.2) is 34.1 Å². The molecule has 0 saturated carbocycles. The molecule has 2 heterocycles. The molecule has 8 heteroatoms. The molecule has 162 valence electrons. The lowest BCUT2D eigenvalue weighted by atomic mass is 10.00. The van der Waals surface area contributed by atoms with Gasteiger partial charge < -0.3 is 14.8 Å². The highest BCUT2D eigenvalue weighted by Gasteiger charge is 2.34. The normalized spacial score (nSPS) is 15.3. The Morgan fingerprint density at radius 3 is 2.59 bits per heavy atom. The van der Waals surface area contributed by atoms with Crippen LogP contribution in [0.4, 0.5) is 11.4 Å². The summed E-state index contributed by atoms with van der Waals surface area (Å²) in [5, 5.41) is 2.87. The number of nitrogens with zero attached hydrogens (tertiary/aromatic N) is 1. The quantitative estimate of drug-likeness (QED) is 0.608. The lowest BCUT2D eigenvalue weighted by Gasteiger charge is -2.31. The molecular formula is C24H20N2O5S. The monoisotopic (exact) mass is 448 g/mol. The molecule has 7 nitrogen and oxygen atoms in total. The van der Waals surface area contributed by atoms with E-state index in [1.165, 1.54) is 10.4 Å². The zero-order chi connectivity index (χ0) is 22.3. The van der Waals surface area contributed by atoms with Crippen LogP contribution < -0.4 is 19.1 Å². The van der Waals surface area contributed by atoms with E-state index in [1.54, 1.807) is 60.7 Å². The molecule has 0 radical (unpaired) electrons. The van der Waals surface area contributed by atoms with Gasteiger partial charge in [-0.1, -0.05) is 24.3 Å². The molecule has 0 atom stereocenters. The van der Waals surface area contributed by atoms with Gasteiger partial charge in [0.1, 0.15) is 13.2 Å². The first-order valence-electron chi connectivity index (χ1n) is 10.1. The average Bonchev–Trinajstić information content (AvgIpc) is 2.81. The predicted octanol–water partition coefficient (Wildman–Crippen LogP) is 4.07. The van der Waals surface area contributed by atoms with Crippen molar-refractivity contribution in [3.8, 4) is 22.6 Å². The van der Waals surface area contributed by atoms with Crippen LogP contribution in [-0.2, 0) is 10.0 Å². The molecule has 0 saturated heterocycles. The van der Waals surface area contributed by atoms with Crippen LogP contribution in [0.15, 0.2) is 78.2 Å². The van der Waals surface area contributed by atoms with Gasteiger partial charge in [-0.3, -0.25) is 9.10 Å². The van der Waals surface area contributed by atoms with Crippen molar-refractivity contribution in [3.05, 3.63) is 78.9 Å². The minimum absolute atomic E-state index is 0.131. The molecular weight excluding hydrogens is 428 g/mol. The van der Waals surface area contributed by atoms with Gasteiger partial charge in [0.05, 0.1) is 17.1 Å².